The van der Waals surface area contributed by atoms with Gasteiger partial charge in [-0.1, -0.05) is 0 Å². The van der Waals surface area contributed by atoms with Gasteiger partial charge in [-0.3, -0.25) is 4.79 Å². The molecule has 2 nitrogen and oxygen atoms in total. The number of amides is 1. The van der Waals surface area contributed by atoms with Gasteiger partial charge in [0.25, 0.3) is 0 Å². The second kappa shape index (κ2) is 6.09. The topological polar surface area (TPSA) is 29.1 Å². The van der Waals surface area contributed by atoms with E-state index in [1.807, 2.05) is 6.26 Å². The van der Waals surface area contributed by atoms with Crippen LogP contribution in [0.5, 0.6) is 0 Å². The summed E-state index contributed by atoms with van der Waals surface area (Å²) in [7, 11) is 0. The summed E-state index contributed by atoms with van der Waals surface area (Å²) in [5, 5.41) is 2.91. The normalized spacial score (nSPS) is 10.1. The van der Waals surface area contributed by atoms with Gasteiger partial charge in [0, 0.05) is 21.9 Å². The summed E-state index contributed by atoms with van der Waals surface area (Å²) in [4.78, 5) is 13.8. The van der Waals surface area contributed by atoms with Crippen LogP contribution in [0.3, 0.4) is 0 Å². The van der Waals surface area contributed by atoms with E-state index >= 15 is 0 Å². The van der Waals surface area contributed by atoms with Crippen molar-refractivity contribution in [2.45, 2.75) is 19.9 Å². The molecule has 0 aromatic carbocycles. The number of hydrogen-bond donors (Lipinski definition) is 1. The zero-order valence-electron chi connectivity index (χ0n) is 8.50. The molecule has 0 aliphatic heterocycles. The third-order valence-electron chi connectivity index (χ3n) is 1.79. The van der Waals surface area contributed by atoms with Crippen LogP contribution in [0.15, 0.2) is 12.1 Å². The molecule has 0 atom stereocenters. The van der Waals surface area contributed by atoms with E-state index < -0.39 is 0 Å². The van der Waals surface area contributed by atoms with Crippen LogP contribution in [0, 0.1) is 6.92 Å². The van der Waals surface area contributed by atoms with Gasteiger partial charge in [-0.15, -0.1) is 11.3 Å². The molecular formula is C10H15NOS2. The molecule has 1 N–H and O–H groups in total. The molecule has 0 saturated carbocycles. The first-order valence-electron chi connectivity index (χ1n) is 4.53. The summed E-state index contributed by atoms with van der Waals surface area (Å²) in [6, 6.07) is 4.14. The fourth-order valence-electron chi connectivity index (χ4n) is 1.05. The lowest BCUT2D eigenvalue weighted by atomic mass is 10.4. The standard InChI is InChI=1S/C10H15NOS2/c1-8-3-4-9(14-8)7-11-10(12)5-6-13-2/h3-4H,5-7H2,1-2H3,(H,11,12). The monoisotopic (exact) mass is 229 g/mol. The molecule has 1 aromatic rings. The van der Waals surface area contributed by atoms with Gasteiger partial charge < -0.3 is 5.32 Å². The molecular weight excluding hydrogens is 214 g/mol. The van der Waals surface area contributed by atoms with Gasteiger partial charge in [0.05, 0.1) is 6.54 Å². The molecule has 0 spiro atoms. The van der Waals surface area contributed by atoms with Crippen LogP contribution in [-0.2, 0) is 11.3 Å². The largest absolute Gasteiger partial charge is 0.351 e. The molecule has 0 unspecified atom stereocenters. The summed E-state index contributed by atoms with van der Waals surface area (Å²) >= 11 is 3.43. The highest BCUT2D eigenvalue weighted by molar-refractivity contribution is 7.98. The Labute approximate surface area is 93.1 Å². The summed E-state index contributed by atoms with van der Waals surface area (Å²) < 4.78 is 0. The summed E-state index contributed by atoms with van der Waals surface area (Å²) in [5.41, 5.74) is 0. The molecule has 1 heterocycles. The molecule has 1 aromatic heterocycles. The predicted octanol–water partition coefficient (Wildman–Crippen LogP) is 2.43. The number of aryl methyl sites for hydroxylation is 1. The smallest absolute Gasteiger partial charge is 0.221 e. The van der Waals surface area contributed by atoms with Crippen molar-refractivity contribution in [2.75, 3.05) is 12.0 Å². The zero-order valence-corrected chi connectivity index (χ0v) is 10.1. The number of hydrogen-bond acceptors (Lipinski definition) is 3. The highest BCUT2D eigenvalue weighted by atomic mass is 32.2. The van der Waals surface area contributed by atoms with Crippen LogP contribution >= 0.6 is 23.1 Å². The second-order valence-corrected chi connectivity index (χ2v) is 5.39. The van der Waals surface area contributed by atoms with E-state index in [-0.39, 0.29) is 5.91 Å². The predicted molar refractivity (Wildman–Crippen MR) is 63.9 cm³/mol. The van der Waals surface area contributed by atoms with E-state index in [1.54, 1.807) is 23.1 Å². The molecule has 78 valence electrons. The van der Waals surface area contributed by atoms with Gasteiger partial charge in [-0.05, 0) is 25.3 Å². The lowest BCUT2D eigenvalue weighted by Gasteiger charge is -2.01. The maximum atomic E-state index is 11.3. The Bertz CT molecular complexity index is 296. The fraction of sp³-hybridized carbons (Fsp3) is 0.500. The summed E-state index contributed by atoms with van der Waals surface area (Å²) in [6.07, 6.45) is 2.63. The van der Waals surface area contributed by atoms with Crippen molar-refractivity contribution in [2.24, 2.45) is 0 Å². The zero-order chi connectivity index (χ0) is 10.4. The number of carbonyl (C=O) groups is 1. The van der Waals surface area contributed by atoms with Crippen LogP contribution in [0.4, 0.5) is 0 Å². The molecule has 0 radical (unpaired) electrons. The van der Waals surface area contributed by atoms with E-state index in [2.05, 4.69) is 24.4 Å². The Morgan fingerprint density at radius 2 is 2.36 bits per heavy atom. The fourth-order valence-corrected chi connectivity index (χ4v) is 2.27. The van der Waals surface area contributed by atoms with Crippen molar-refractivity contribution in [1.29, 1.82) is 0 Å². The van der Waals surface area contributed by atoms with Gasteiger partial charge in [-0.25, -0.2) is 0 Å². The maximum Gasteiger partial charge on any atom is 0.221 e. The van der Waals surface area contributed by atoms with Crippen LogP contribution in [-0.4, -0.2) is 17.9 Å². The van der Waals surface area contributed by atoms with E-state index in [9.17, 15) is 4.79 Å². The average Bonchev–Trinajstić information content (AvgIpc) is 2.58. The van der Waals surface area contributed by atoms with Crippen LogP contribution < -0.4 is 5.32 Å². The van der Waals surface area contributed by atoms with Crippen molar-refractivity contribution < 1.29 is 4.79 Å². The van der Waals surface area contributed by atoms with Gasteiger partial charge in [0.15, 0.2) is 0 Å². The molecule has 0 bridgehead atoms. The van der Waals surface area contributed by atoms with Gasteiger partial charge in [0.1, 0.15) is 0 Å². The van der Waals surface area contributed by atoms with Crippen LogP contribution in [0.1, 0.15) is 16.2 Å². The number of carbonyl (C=O) groups excluding carboxylic acids is 1. The highest BCUT2D eigenvalue weighted by Gasteiger charge is 2.01. The van der Waals surface area contributed by atoms with Crippen molar-refractivity contribution in [3.8, 4) is 0 Å². The molecule has 0 saturated heterocycles. The van der Waals surface area contributed by atoms with Crippen molar-refractivity contribution >= 4 is 29.0 Å². The molecule has 1 amide bonds. The minimum absolute atomic E-state index is 0.144. The third-order valence-corrected chi connectivity index (χ3v) is 3.40. The number of rotatable bonds is 5. The first-order chi connectivity index (χ1) is 6.72. The van der Waals surface area contributed by atoms with Gasteiger partial charge in [-0.2, -0.15) is 11.8 Å². The van der Waals surface area contributed by atoms with Crippen LogP contribution in [0.25, 0.3) is 0 Å². The Morgan fingerprint density at radius 1 is 1.57 bits per heavy atom. The van der Waals surface area contributed by atoms with Crippen LogP contribution in [0.2, 0.25) is 0 Å². The second-order valence-electron chi connectivity index (χ2n) is 3.03. The summed E-state index contributed by atoms with van der Waals surface area (Å²) in [5.74, 6) is 1.04. The Morgan fingerprint density at radius 3 is 2.93 bits per heavy atom. The molecule has 0 fully saturated rings. The van der Waals surface area contributed by atoms with E-state index in [1.165, 1.54) is 9.75 Å². The SMILES string of the molecule is CSCCC(=O)NCc1ccc(C)s1. The van der Waals surface area contributed by atoms with E-state index in [0.717, 1.165) is 5.75 Å². The maximum absolute atomic E-state index is 11.3. The third kappa shape index (κ3) is 4.15. The molecule has 14 heavy (non-hydrogen) atoms. The number of thiophene rings is 1. The highest BCUT2D eigenvalue weighted by Crippen LogP contribution is 2.14. The lowest BCUT2D eigenvalue weighted by Crippen LogP contribution is -2.22. The number of nitrogens with one attached hydrogen (secondary N) is 1. The quantitative estimate of drug-likeness (QED) is 0.840. The van der Waals surface area contributed by atoms with Gasteiger partial charge >= 0.3 is 0 Å². The first-order valence-corrected chi connectivity index (χ1v) is 6.74. The first kappa shape index (κ1) is 11.6. The van der Waals surface area contributed by atoms with Crippen molar-refractivity contribution in [1.82, 2.24) is 5.32 Å². The Hall–Kier alpha value is -0.480. The number of thioether (sulfide) groups is 1. The van der Waals surface area contributed by atoms with Crippen molar-refractivity contribution in [3.63, 3.8) is 0 Å². The van der Waals surface area contributed by atoms with Gasteiger partial charge in [0.2, 0.25) is 5.91 Å². The molecule has 4 heteroatoms. The molecule has 0 aliphatic rings. The van der Waals surface area contributed by atoms with E-state index in [0.29, 0.717) is 13.0 Å². The lowest BCUT2D eigenvalue weighted by molar-refractivity contribution is -0.120. The molecule has 0 aliphatic carbocycles. The Balaban J connectivity index is 2.23. The molecule has 1 rings (SSSR count). The average molecular weight is 229 g/mol. The minimum atomic E-state index is 0.144. The van der Waals surface area contributed by atoms with E-state index in [4.69, 9.17) is 0 Å². The Kier molecular flexibility index (Phi) is 5.04. The van der Waals surface area contributed by atoms with Crippen molar-refractivity contribution in [3.05, 3.63) is 21.9 Å². The summed E-state index contributed by atoms with van der Waals surface area (Å²) in [6.45, 7) is 2.75. The minimum Gasteiger partial charge on any atom is -0.351 e.